The smallest absolute Gasteiger partial charge is 0.343 e. The Morgan fingerprint density at radius 2 is 2.21 bits per heavy atom. The number of esters is 1. The first-order valence-corrected chi connectivity index (χ1v) is 9.27. The van der Waals surface area contributed by atoms with Gasteiger partial charge in [0, 0.05) is 18.8 Å². The van der Waals surface area contributed by atoms with E-state index in [2.05, 4.69) is 16.9 Å². The zero-order valence-corrected chi connectivity index (χ0v) is 15.0. The summed E-state index contributed by atoms with van der Waals surface area (Å²) in [5.74, 6) is -0.0953. The van der Waals surface area contributed by atoms with Gasteiger partial charge in [-0.3, -0.25) is 4.79 Å². The summed E-state index contributed by atoms with van der Waals surface area (Å²) in [5, 5.41) is 0.388. The number of anilines is 1. The van der Waals surface area contributed by atoms with Gasteiger partial charge >= 0.3 is 5.97 Å². The molecule has 1 aliphatic heterocycles. The number of likely N-dealkylation sites (tertiary alicyclic amines) is 1. The minimum atomic E-state index is -0.540. The Hall–Kier alpha value is -1.83. The van der Waals surface area contributed by atoms with Crippen molar-refractivity contribution in [3.63, 3.8) is 0 Å². The molecule has 0 aliphatic carbocycles. The van der Waals surface area contributed by atoms with Crippen LogP contribution in [0.5, 0.6) is 0 Å². The van der Waals surface area contributed by atoms with Crippen LogP contribution in [0.15, 0.2) is 11.4 Å². The van der Waals surface area contributed by atoms with Gasteiger partial charge in [0.15, 0.2) is 5.16 Å². The minimum Gasteiger partial charge on any atom is -0.462 e. The first-order chi connectivity index (χ1) is 11.6. The lowest BCUT2D eigenvalue weighted by Crippen LogP contribution is -2.44. The Morgan fingerprint density at radius 1 is 1.42 bits per heavy atom. The van der Waals surface area contributed by atoms with Crippen molar-refractivity contribution < 1.29 is 14.3 Å². The van der Waals surface area contributed by atoms with Gasteiger partial charge in [-0.05, 0) is 32.6 Å². The van der Waals surface area contributed by atoms with Crippen LogP contribution in [0, 0.1) is 0 Å². The molecule has 8 heteroatoms. The Labute approximate surface area is 146 Å². The van der Waals surface area contributed by atoms with E-state index in [0.29, 0.717) is 11.2 Å². The Bertz CT molecular complexity index is 597. The molecule has 0 radical (unpaired) electrons. The molecule has 0 spiro atoms. The maximum atomic E-state index is 12.4. The number of piperidine rings is 1. The van der Waals surface area contributed by atoms with Gasteiger partial charge in [-0.1, -0.05) is 18.7 Å². The summed E-state index contributed by atoms with van der Waals surface area (Å²) in [6.45, 7) is 4.91. The van der Waals surface area contributed by atoms with Crippen molar-refractivity contribution in [3.8, 4) is 0 Å². The van der Waals surface area contributed by atoms with E-state index in [1.807, 2.05) is 4.90 Å². The molecular formula is C16H24N4O3S. The highest BCUT2D eigenvalue weighted by Crippen LogP contribution is 2.22. The molecule has 1 atom stereocenters. The van der Waals surface area contributed by atoms with Crippen LogP contribution in [0.2, 0.25) is 0 Å². The second-order valence-corrected chi connectivity index (χ2v) is 6.55. The standard InChI is InChI=1S/C16H24N4O3S/c1-3-11-7-5-6-8-20(11)13(21)10-24-16-18-9-12(14(17)19-16)15(22)23-4-2/h9,11H,3-8,10H2,1-2H3,(H2,17,18,19). The Morgan fingerprint density at radius 3 is 2.88 bits per heavy atom. The number of aromatic nitrogens is 2. The number of hydrogen-bond acceptors (Lipinski definition) is 7. The number of nitrogens with zero attached hydrogens (tertiary/aromatic N) is 3. The van der Waals surface area contributed by atoms with Crippen LogP contribution in [0.3, 0.4) is 0 Å². The average Bonchev–Trinajstić information content (AvgIpc) is 2.59. The van der Waals surface area contributed by atoms with Crippen molar-refractivity contribution in [3.05, 3.63) is 11.8 Å². The molecule has 1 fully saturated rings. The Kier molecular flexibility index (Phi) is 6.84. The molecule has 24 heavy (non-hydrogen) atoms. The monoisotopic (exact) mass is 352 g/mol. The molecule has 1 aliphatic rings. The first-order valence-electron chi connectivity index (χ1n) is 8.28. The number of rotatable bonds is 6. The fourth-order valence-electron chi connectivity index (χ4n) is 2.78. The zero-order valence-electron chi connectivity index (χ0n) is 14.2. The van der Waals surface area contributed by atoms with Crippen molar-refractivity contribution in [1.82, 2.24) is 14.9 Å². The quantitative estimate of drug-likeness (QED) is 0.475. The topological polar surface area (TPSA) is 98.4 Å². The predicted octanol–water partition coefficient (Wildman–Crippen LogP) is 2.12. The molecule has 1 aromatic heterocycles. The molecule has 2 rings (SSSR count). The van der Waals surface area contributed by atoms with Gasteiger partial charge < -0.3 is 15.4 Å². The molecule has 2 heterocycles. The van der Waals surface area contributed by atoms with E-state index < -0.39 is 5.97 Å². The number of nitrogen functional groups attached to an aromatic ring is 1. The summed E-state index contributed by atoms with van der Waals surface area (Å²) in [7, 11) is 0. The van der Waals surface area contributed by atoms with Crippen LogP contribution in [-0.2, 0) is 9.53 Å². The predicted molar refractivity (Wildman–Crippen MR) is 92.8 cm³/mol. The van der Waals surface area contributed by atoms with Gasteiger partial charge in [-0.15, -0.1) is 0 Å². The molecule has 0 saturated carbocycles. The van der Waals surface area contributed by atoms with Crippen molar-refractivity contribution in [2.45, 2.75) is 50.7 Å². The summed E-state index contributed by atoms with van der Waals surface area (Å²) in [6, 6.07) is 0.337. The summed E-state index contributed by atoms with van der Waals surface area (Å²) >= 11 is 1.24. The van der Waals surface area contributed by atoms with E-state index in [4.69, 9.17) is 10.5 Å². The van der Waals surface area contributed by atoms with Crippen molar-refractivity contribution in [1.29, 1.82) is 0 Å². The average molecular weight is 352 g/mol. The highest BCUT2D eigenvalue weighted by atomic mass is 32.2. The second-order valence-electron chi connectivity index (χ2n) is 5.61. The highest BCUT2D eigenvalue weighted by Gasteiger charge is 2.25. The lowest BCUT2D eigenvalue weighted by molar-refractivity contribution is -0.132. The van der Waals surface area contributed by atoms with Gasteiger partial charge in [0.2, 0.25) is 5.91 Å². The number of carbonyl (C=O) groups excluding carboxylic acids is 2. The number of hydrogen-bond donors (Lipinski definition) is 1. The third kappa shape index (κ3) is 4.59. The largest absolute Gasteiger partial charge is 0.462 e. The van der Waals surface area contributed by atoms with E-state index in [0.717, 1.165) is 25.8 Å². The Balaban J connectivity index is 1.95. The molecule has 7 nitrogen and oxygen atoms in total. The van der Waals surface area contributed by atoms with Gasteiger partial charge in [0.05, 0.1) is 12.4 Å². The number of nitrogens with two attached hydrogens (primary N) is 1. The number of carbonyl (C=O) groups is 2. The summed E-state index contributed by atoms with van der Waals surface area (Å²) in [4.78, 5) is 34.3. The summed E-state index contributed by atoms with van der Waals surface area (Å²) < 4.78 is 4.88. The third-order valence-electron chi connectivity index (χ3n) is 4.03. The van der Waals surface area contributed by atoms with E-state index in [1.54, 1.807) is 6.92 Å². The van der Waals surface area contributed by atoms with Crippen LogP contribution >= 0.6 is 11.8 Å². The van der Waals surface area contributed by atoms with Crippen LogP contribution in [0.1, 0.15) is 49.9 Å². The van der Waals surface area contributed by atoms with Crippen LogP contribution in [0.4, 0.5) is 5.82 Å². The minimum absolute atomic E-state index is 0.0720. The van der Waals surface area contributed by atoms with E-state index in [-0.39, 0.29) is 29.6 Å². The summed E-state index contributed by atoms with van der Waals surface area (Å²) in [5.41, 5.74) is 5.93. The van der Waals surface area contributed by atoms with E-state index in [9.17, 15) is 9.59 Å². The molecule has 1 saturated heterocycles. The van der Waals surface area contributed by atoms with Gasteiger partial charge in [-0.25, -0.2) is 14.8 Å². The maximum absolute atomic E-state index is 12.4. The molecular weight excluding hydrogens is 328 g/mol. The van der Waals surface area contributed by atoms with Gasteiger partial charge in [-0.2, -0.15) is 0 Å². The highest BCUT2D eigenvalue weighted by molar-refractivity contribution is 7.99. The van der Waals surface area contributed by atoms with Crippen LogP contribution in [0.25, 0.3) is 0 Å². The van der Waals surface area contributed by atoms with E-state index in [1.165, 1.54) is 24.4 Å². The third-order valence-corrected chi connectivity index (χ3v) is 4.88. The number of amides is 1. The molecule has 1 aromatic rings. The molecule has 0 aromatic carbocycles. The molecule has 132 valence electrons. The molecule has 1 unspecified atom stereocenters. The molecule has 0 bridgehead atoms. The van der Waals surface area contributed by atoms with Crippen LogP contribution < -0.4 is 5.73 Å². The maximum Gasteiger partial charge on any atom is 0.343 e. The van der Waals surface area contributed by atoms with Crippen LogP contribution in [-0.4, -0.2) is 51.7 Å². The van der Waals surface area contributed by atoms with Crippen molar-refractivity contribution >= 4 is 29.5 Å². The molecule has 2 N–H and O–H groups in total. The van der Waals surface area contributed by atoms with Gasteiger partial charge in [0.25, 0.3) is 0 Å². The normalized spacial score (nSPS) is 17.6. The van der Waals surface area contributed by atoms with Crippen molar-refractivity contribution in [2.24, 2.45) is 0 Å². The fourth-order valence-corrected chi connectivity index (χ4v) is 3.48. The van der Waals surface area contributed by atoms with E-state index >= 15 is 0 Å². The second kappa shape index (κ2) is 8.86. The first kappa shape index (κ1) is 18.5. The number of thioether (sulfide) groups is 1. The molecule has 1 amide bonds. The van der Waals surface area contributed by atoms with Crippen molar-refractivity contribution in [2.75, 3.05) is 24.6 Å². The fraction of sp³-hybridized carbons (Fsp3) is 0.625. The van der Waals surface area contributed by atoms with Gasteiger partial charge in [0.1, 0.15) is 11.4 Å². The lowest BCUT2D eigenvalue weighted by Gasteiger charge is -2.35. The summed E-state index contributed by atoms with van der Waals surface area (Å²) in [6.07, 6.45) is 5.65. The number of ether oxygens (including phenoxy) is 1. The zero-order chi connectivity index (χ0) is 17.5. The SMILES string of the molecule is CCOC(=O)c1cnc(SCC(=O)N2CCCCC2CC)nc1N. The lowest BCUT2D eigenvalue weighted by atomic mass is 10.0.